The highest BCUT2D eigenvalue weighted by Crippen LogP contribution is 2.27. The van der Waals surface area contributed by atoms with Crippen LogP contribution in [0.1, 0.15) is 27.2 Å². The van der Waals surface area contributed by atoms with Gasteiger partial charge in [0.1, 0.15) is 0 Å². The molecule has 1 unspecified atom stereocenters. The van der Waals surface area contributed by atoms with Crippen LogP contribution >= 0.6 is 0 Å². The van der Waals surface area contributed by atoms with Gasteiger partial charge in [0.15, 0.2) is 0 Å². The van der Waals surface area contributed by atoms with Crippen molar-refractivity contribution in [1.29, 1.82) is 0 Å². The Bertz CT molecular complexity index is 549. The van der Waals surface area contributed by atoms with Crippen LogP contribution in [-0.4, -0.2) is 17.7 Å². The van der Waals surface area contributed by atoms with E-state index < -0.39 is 0 Å². The third kappa shape index (κ3) is 2.71. The zero-order valence-electron chi connectivity index (χ0n) is 11.8. The molecule has 0 aromatic heterocycles. The van der Waals surface area contributed by atoms with Crippen LogP contribution in [0.15, 0.2) is 24.3 Å². The Hall–Kier alpha value is -2.17. The van der Waals surface area contributed by atoms with Crippen molar-refractivity contribution in [3.05, 3.63) is 24.3 Å². The standard InChI is InChI=1S/C15H18N2O3/c1-9(2)14(19)16-11-4-6-12(7-5-11)17-13(18)8-10(3)15(17)20/h4-7,9-10H,8H2,1-3H3,(H,16,19). The Kier molecular flexibility index (Phi) is 3.88. The van der Waals surface area contributed by atoms with E-state index in [9.17, 15) is 14.4 Å². The quantitative estimate of drug-likeness (QED) is 0.859. The van der Waals surface area contributed by atoms with Crippen molar-refractivity contribution in [1.82, 2.24) is 0 Å². The molecule has 1 aromatic rings. The summed E-state index contributed by atoms with van der Waals surface area (Å²) in [6.07, 6.45) is 0.255. The van der Waals surface area contributed by atoms with E-state index in [1.54, 1.807) is 31.2 Å². The minimum absolute atomic E-state index is 0.0697. The van der Waals surface area contributed by atoms with E-state index in [1.165, 1.54) is 4.90 Å². The van der Waals surface area contributed by atoms with E-state index in [-0.39, 0.29) is 36.0 Å². The average Bonchev–Trinajstić information content (AvgIpc) is 2.64. The number of carbonyl (C=O) groups is 3. The third-order valence-corrected chi connectivity index (χ3v) is 3.29. The summed E-state index contributed by atoms with van der Waals surface area (Å²) in [5.41, 5.74) is 1.20. The number of rotatable bonds is 3. The molecule has 1 heterocycles. The number of anilines is 2. The van der Waals surface area contributed by atoms with Crippen LogP contribution in [0.5, 0.6) is 0 Å². The number of nitrogens with one attached hydrogen (secondary N) is 1. The maximum absolute atomic E-state index is 11.9. The summed E-state index contributed by atoms with van der Waals surface area (Å²) in [4.78, 5) is 36.5. The number of benzene rings is 1. The molecule has 0 radical (unpaired) electrons. The molecule has 106 valence electrons. The predicted molar refractivity (Wildman–Crippen MR) is 76.2 cm³/mol. The van der Waals surface area contributed by atoms with Crippen molar-refractivity contribution >= 4 is 29.1 Å². The number of carbonyl (C=O) groups excluding carboxylic acids is 3. The lowest BCUT2D eigenvalue weighted by atomic mass is 10.1. The molecule has 20 heavy (non-hydrogen) atoms. The van der Waals surface area contributed by atoms with Crippen molar-refractivity contribution in [3.8, 4) is 0 Å². The fourth-order valence-corrected chi connectivity index (χ4v) is 2.04. The maximum Gasteiger partial charge on any atom is 0.237 e. The number of imide groups is 1. The summed E-state index contributed by atoms with van der Waals surface area (Å²) in [6, 6.07) is 6.73. The minimum Gasteiger partial charge on any atom is -0.326 e. The van der Waals surface area contributed by atoms with E-state index >= 15 is 0 Å². The molecule has 2 rings (SSSR count). The van der Waals surface area contributed by atoms with Gasteiger partial charge in [-0.25, -0.2) is 0 Å². The maximum atomic E-state index is 11.9. The van der Waals surface area contributed by atoms with E-state index in [0.29, 0.717) is 11.4 Å². The normalized spacial score (nSPS) is 18.8. The highest BCUT2D eigenvalue weighted by atomic mass is 16.2. The first-order chi connectivity index (χ1) is 9.40. The van der Waals surface area contributed by atoms with Gasteiger partial charge in [-0.05, 0) is 24.3 Å². The Morgan fingerprint density at radius 1 is 1.25 bits per heavy atom. The summed E-state index contributed by atoms with van der Waals surface area (Å²) in [7, 11) is 0. The van der Waals surface area contributed by atoms with Crippen LogP contribution in [0, 0.1) is 11.8 Å². The minimum atomic E-state index is -0.261. The summed E-state index contributed by atoms with van der Waals surface area (Å²) < 4.78 is 0. The average molecular weight is 274 g/mol. The van der Waals surface area contributed by atoms with Gasteiger partial charge in [0.2, 0.25) is 17.7 Å². The molecule has 0 saturated carbocycles. The lowest BCUT2D eigenvalue weighted by Crippen LogP contribution is -2.29. The second-order valence-corrected chi connectivity index (χ2v) is 5.36. The summed E-state index contributed by atoms with van der Waals surface area (Å²) >= 11 is 0. The smallest absolute Gasteiger partial charge is 0.237 e. The number of hydrogen-bond donors (Lipinski definition) is 1. The van der Waals surface area contributed by atoms with Crippen LogP contribution < -0.4 is 10.2 Å². The van der Waals surface area contributed by atoms with Crippen LogP contribution in [0.4, 0.5) is 11.4 Å². The molecular formula is C15H18N2O3. The number of amides is 3. The largest absolute Gasteiger partial charge is 0.326 e. The molecule has 5 nitrogen and oxygen atoms in total. The fraction of sp³-hybridized carbons (Fsp3) is 0.400. The molecule has 5 heteroatoms. The lowest BCUT2D eigenvalue weighted by Gasteiger charge is -2.15. The van der Waals surface area contributed by atoms with E-state index in [1.807, 2.05) is 13.8 Å². The molecule has 3 amide bonds. The summed E-state index contributed by atoms with van der Waals surface area (Å²) in [5, 5.41) is 2.76. The molecule has 1 aliphatic heterocycles. The first-order valence-electron chi connectivity index (χ1n) is 6.68. The Morgan fingerprint density at radius 2 is 1.85 bits per heavy atom. The lowest BCUT2D eigenvalue weighted by molar-refractivity contribution is -0.122. The van der Waals surface area contributed by atoms with Crippen molar-refractivity contribution in [2.24, 2.45) is 11.8 Å². The monoisotopic (exact) mass is 274 g/mol. The molecule has 1 saturated heterocycles. The molecule has 1 atom stereocenters. The van der Waals surface area contributed by atoms with Gasteiger partial charge in [0.05, 0.1) is 5.69 Å². The van der Waals surface area contributed by atoms with Gasteiger partial charge in [0, 0.05) is 23.9 Å². The van der Waals surface area contributed by atoms with Crippen molar-refractivity contribution in [2.75, 3.05) is 10.2 Å². The van der Waals surface area contributed by atoms with Gasteiger partial charge < -0.3 is 5.32 Å². The second kappa shape index (κ2) is 5.45. The molecule has 1 aromatic carbocycles. The van der Waals surface area contributed by atoms with E-state index in [2.05, 4.69) is 5.32 Å². The zero-order chi connectivity index (χ0) is 14.9. The molecule has 0 bridgehead atoms. The molecule has 0 spiro atoms. The first kappa shape index (κ1) is 14.2. The van der Waals surface area contributed by atoms with Crippen molar-refractivity contribution in [2.45, 2.75) is 27.2 Å². The molecule has 1 N–H and O–H groups in total. The van der Waals surface area contributed by atoms with Crippen LogP contribution in [-0.2, 0) is 14.4 Å². The third-order valence-electron chi connectivity index (χ3n) is 3.29. The van der Waals surface area contributed by atoms with Gasteiger partial charge in [-0.15, -0.1) is 0 Å². The van der Waals surface area contributed by atoms with E-state index in [4.69, 9.17) is 0 Å². The molecule has 0 aliphatic carbocycles. The predicted octanol–water partition coefficient (Wildman–Crippen LogP) is 2.18. The summed E-state index contributed by atoms with van der Waals surface area (Å²) in [5.74, 6) is -0.782. The van der Waals surface area contributed by atoms with Gasteiger partial charge in [-0.1, -0.05) is 20.8 Å². The van der Waals surface area contributed by atoms with Gasteiger partial charge >= 0.3 is 0 Å². The van der Waals surface area contributed by atoms with Crippen LogP contribution in [0.25, 0.3) is 0 Å². The first-order valence-corrected chi connectivity index (χ1v) is 6.68. The Morgan fingerprint density at radius 3 is 2.30 bits per heavy atom. The van der Waals surface area contributed by atoms with E-state index in [0.717, 1.165) is 0 Å². The Balaban J connectivity index is 2.14. The zero-order valence-corrected chi connectivity index (χ0v) is 11.8. The fourth-order valence-electron chi connectivity index (χ4n) is 2.04. The molecular weight excluding hydrogens is 256 g/mol. The van der Waals surface area contributed by atoms with Gasteiger partial charge in [-0.2, -0.15) is 0 Å². The number of nitrogens with zero attached hydrogens (tertiary/aromatic N) is 1. The SMILES string of the molecule is CC(C)C(=O)Nc1ccc(N2C(=O)CC(C)C2=O)cc1. The second-order valence-electron chi connectivity index (χ2n) is 5.36. The molecule has 1 aliphatic rings. The number of hydrogen-bond acceptors (Lipinski definition) is 3. The highest BCUT2D eigenvalue weighted by Gasteiger charge is 2.36. The van der Waals surface area contributed by atoms with Crippen molar-refractivity contribution < 1.29 is 14.4 Å². The van der Waals surface area contributed by atoms with Crippen molar-refractivity contribution in [3.63, 3.8) is 0 Å². The summed E-state index contributed by atoms with van der Waals surface area (Å²) in [6.45, 7) is 5.37. The topological polar surface area (TPSA) is 66.5 Å². The molecule has 1 fully saturated rings. The van der Waals surface area contributed by atoms with Gasteiger partial charge in [0.25, 0.3) is 0 Å². The Labute approximate surface area is 118 Å². The van der Waals surface area contributed by atoms with Gasteiger partial charge in [-0.3, -0.25) is 19.3 Å². The van der Waals surface area contributed by atoms with Crippen LogP contribution in [0.2, 0.25) is 0 Å². The highest BCUT2D eigenvalue weighted by molar-refractivity contribution is 6.20. The van der Waals surface area contributed by atoms with Crippen LogP contribution in [0.3, 0.4) is 0 Å².